The van der Waals surface area contributed by atoms with E-state index in [1.165, 1.54) is 0 Å². The van der Waals surface area contributed by atoms with Crippen LogP contribution in [-0.2, 0) is 11.3 Å². The number of piperazine rings is 1. The smallest absolute Gasteiger partial charge is 0.248 e. The molecule has 0 spiro atoms. The van der Waals surface area contributed by atoms with Gasteiger partial charge in [0.25, 0.3) is 0 Å². The molecule has 1 aromatic heterocycles. The van der Waals surface area contributed by atoms with Gasteiger partial charge >= 0.3 is 0 Å². The van der Waals surface area contributed by atoms with Gasteiger partial charge in [0.05, 0.1) is 12.4 Å². The predicted octanol–water partition coefficient (Wildman–Crippen LogP) is 4.38. The average molecular weight is 474 g/mol. The van der Waals surface area contributed by atoms with Crippen molar-refractivity contribution in [2.75, 3.05) is 26.2 Å². The number of halogens is 2. The summed E-state index contributed by atoms with van der Waals surface area (Å²) in [6.45, 7) is 6.98. The Labute approximate surface area is 201 Å². The molecule has 1 amide bonds. The van der Waals surface area contributed by atoms with Gasteiger partial charge in [-0.2, -0.15) is 0 Å². The van der Waals surface area contributed by atoms with E-state index in [1.807, 2.05) is 36.5 Å². The maximum absolute atomic E-state index is 13.5. The largest absolute Gasteiger partial charge is 0.349 e. The minimum absolute atomic E-state index is 0.0832. The van der Waals surface area contributed by atoms with E-state index in [9.17, 15) is 13.6 Å². The van der Waals surface area contributed by atoms with E-state index in [0.717, 1.165) is 56.8 Å². The molecule has 0 unspecified atom stereocenters. The van der Waals surface area contributed by atoms with Crippen LogP contribution in [0.25, 0.3) is 0 Å². The second-order valence-corrected chi connectivity index (χ2v) is 9.80. The number of hydrogen-bond donors (Lipinski definition) is 2. The Morgan fingerprint density at radius 3 is 2.68 bits per heavy atom. The van der Waals surface area contributed by atoms with Gasteiger partial charge in [-0.1, -0.05) is 37.3 Å². The molecule has 2 fully saturated rings. The Morgan fingerprint density at radius 1 is 1.24 bits per heavy atom. The zero-order chi connectivity index (χ0) is 24.0. The Bertz CT molecular complexity index is 882. The third kappa shape index (κ3) is 6.63. The van der Waals surface area contributed by atoms with Crippen LogP contribution in [0, 0.1) is 5.92 Å². The van der Waals surface area contributed by atoms with Crippen molar-refractivity contribution in [3.8, 4) is 0 Å². The standard InChI is InChI=1S/C26H37F2N5O/c1-2-23-18-32(14-15-33(23)17-22-16-29-19-30-22)13-10-24(20-6-4-3-5-7-20)31-25(34)21-8-11-26(27,28)12-9-21/h3-7,16,19,21,23-24H,2,8-15,17-18H2,1H3,(H,29,30)(H,31,34)/t23-,24-/m0/s1. The van der Waals surface area contributed by atoms with E-state index in [-0.39, 0.29) is 43.6 Å². The van der Waals surface area contributed by atoms with Crippen molar-refractivity contribution in [1.82, 2.24) is 25.1 Å². The molecular formula is C26H37F2N5O. The monoisotopic (exact) mass is 473 g/mol. The van der Waals surface area contributed by atoms with Gasteiger partial charge in [0, 0.05) is 69.4 Å². The van der Waals surface area contributed by atoms with Crippen LogP contribution in [0.2, 0.25) is 0 Å². The highest BCUT2D eigenvalue weighted by Gasteiger charge is 2.38. The lowest BCUT2D eigenvalue weighted by Crippen LogP contribution is -2.52. The molecule has 2 atom stereocenters. The van der Waals surface area contributed by atoms with E-state index in [1.54, 1.807) is 6.33 Å². The molecule has 1 aromatic carbocycles. The fourth-order valence-electron chi connectivity index (χ4n) is 5.26. The number of nitrogens with one attached hydrogen (secondary N) is 2. The summed E-state index contributed by atoms with van der Waals surface area (Å²) in [6, 6.07) is 10.4. The summed E-state index contributed by atoms with van der Waals surface area (Å²) in [5.41, 5.74) is 2.21. The number of carbonyl (C=O) groups excluding carboxylic acids is 1. The second-order valence-electron chi connectivity index (χ2n) is 9.80. The van der Waals surface area contributed by atoms with Gasteiger partial charge < -0.3 is 15.2 Å². The first-order valence-electron chi connectivity index (χ1n) is 12.6. The molecule has 8 heteroatoms. The van der Waals surface area contributed by atoms with Crippen molar-refractivity contribution in [1.29, 1.82) is 0 Å². The Balaban J connectivity index is 1.33. The maximum Gasteiger partial charge on any atom is 0.248 e. The number of carbonyl (C=O) groups is 1. The summed E-state index contributed by atoms with van der Waals surface area (Å²) in [4.78, 5) is 25.3. The number of aromatic amines is 1. The number of H-pyrrole nitrogens is 1. The highest BCUT2D eigenvalue weighted by Crippen LogP contribution is 2.36. The highest BCUT2D eigenvalue weighted by atomic mass is 19.3. The minimum atomic E-state index is -2.62. The predicted molar refractivity (Wildman–Crippen MR) is 128 cm³/mol. The molecule has 0 radical (unpaired) electrons. The van der Waals surface area contributed by atoms with Gasteiger partial charge in [0.2, 0.25) is 11.8 Å². The number of aromatic nitrogens is 2. The van der Waals surface area contributed by atoms with Gasteiger partial charge in [-0.3, -0.25) is 9.69 Å². The third-order valence-electron chi connectivity index (χ3n) is 7.43. The van der Waals surface area contributed by atoms with E-state index in [4.69, 9.17) is 0 Å². The number of amides is 1. The minimum Gasteiger partial charge on any atom is -0.349 e. The summed E-state index contributed by atoms with van der Waals surface area (Å²) < 4.78 is 27.1. The van der Waals surface area contributed by atoms with Crippen LogP contribution in [-0.4, -0.2) is 63.8 Å². The molecular weight excluding hydrogens is 436 g/mol. The van der Waals surface area contributed by atoms with Crippen molar-refractivity contribution in [2.24, 2.45) is 5.92 Å². The summed E-state index contributed by atoms with van der Waals surface area (Å²) in [7, 11) is 0. The second kappa shape index (κ2) is 11.4. The van der Waals surface area contributed by atoms with Crippen LogP contribution in [0.5, 0.6) is 0 Å². The number of hydrogen-bond acceptors (Lipinski definition) is 4. The first kappa shape index (κ1) is 24.8. The average Bonchev–Trinajstić information content (AvgIpc) is 3.36. The molecule has 34 heavy (non-hydrogen) atoms. The van der Waals surface area contributed by atoms with Crippen LogP contribution in [0.3, 0.4) is 0 Å². The summed E-state index contributed by atoms with van der Waals surface area (Å²) >= 11 is 0. The summed E-state index contributed by atoms with van der Waals surface area (Å²) in [6.07, 6.45) is 5.63. The topological polar surface area (TPSA) is 64.3 Å². The zero-order valence-corrected chi connectivity index (χ0v) is 20.1. The molecule has 2 aromatic rings. The molecule has 6 nitrogen and oxygen atoms in total. The normalized spacial score (nSPS) is 23.0. The van der Waals surface area contributed by atoms with Crippen LogP contribution in [0.4, 0.5) is 8.78 Å². The highest BCUT2D eigenvalue weighted by molar-refractivity contribution is 5.79. The van der Waals surface area contributed by atoms with Crippen molar-refractivity contribution >= 4 is 5.91 Å². The van der Waals surface area contributed by atoms with Gasteiger partial charge in [-0.05, 0) is 31.2 Å². The lowest BCUT2D eigenvalue weighted by Gasteiger charge is -2.41. The Morgan fingerprint density at radius 2 is 2.00 bits per heavy atom. The quantitative estimate of drug-likeness (QED) is 0.567. The fraction of sp³-hybridized carbons (Fsp3) is 0.615. The molecule has 1 aliphatic carbocycles. The first-order chi connectivity index (χ1) is 16.4. The van der Waals surface area contributed by atoms with E-state index < -0.39 is 5.92 Å². The molecule has 1 saturated carbocycles. The lowest BCUT2D eigenvalue weighted by atomic mass is 9.86. The maximum atomic E-state index is 13.5. The van der Waals surface area contributed by atoms with Crippen LogP contribution >= 0.6 is 0 Å². The molecule has 2 N–H and O–H groups in total. The zero-order valence-electron chi connectivity index (χ0n) is 20.1. The summed E-state index contributed by atoms with van der Waals surface area (Å²) in [5, 5.41) is 3.20. The molecule has 1 aliphatic heterocycles. The molecule has 186 valence electrons. The third-order valence-corrected chi connectivity index (χ3v) is 7.43. The van der Waals surface area contributed by atoms with Gasteiger partial charge in [-0.15, -0.1) is 0 Å². The van der Waals surface area contributed by atoms with Crippen molar-refractivity contribution in [3.63, 3.8) is 0 Å². The molecule has 2 heterocycles. The van der Waals surface area contributed by atoms with Gasteiger partial charge in [0.1, 0.15) is 0 Å². The van der Waals surface area contributed by atoms with E-state index in [0.29, 0.717) is 6.04 Å². The van der Waals surface area contributed by atoms with E-state index >= 15 is 0 Å². The number of nitrogens with zero attached hydrogens (tertiary/aromatic N) is 3. The first-order valence-corrected chi connectivity index (χ1v) is 12.6. The van der Waals surface area contributed by atoms with Crippen molar-refractivity contribution < 1.29 is 13.6 Å². The number of rotatable bonds is 9. The Hall–Kier alpha value is -2.32. The van der Waals surface area contributed by atoms with Gasteiger partial charge in [0.15, 0.2) is 0 Å². The molecule has 1 saturated heterocycles. The summed E-state index contributed by atoms with van der Waals surface area (Å²) in [5.74, 6) is -3.02. The number of imidazole rings is 1. The number of benzene rings is 1. The van der Waals surface area contributed by atoms with E-state index in [2.05, 4.69) is 32.0 Å². The molecule has 0 bridgehead atoms. The molecule has 4 rings (SSSR count). The van der Waals surface area contributed by atoms with Crippen molar-refractivity contribution in [2.45, 2.75) is 70.0 Å². The Kier molecular flexibility index (Phi) is 8.32. The fourth-order valence-corrected chi connectivity index (χ4v) is 5.26. The van der Waals surface area contributed by atoms with Crippen LogP contribution in [0.15, 0.2) is 42.9 Å². The van der Waals surface area contributed by atoms with Crippen LogP contribution < -0.4 is 5.32 Å². The SMILES string of the molecule is CC[C@H]1CN(CC[C@H](NC(=O)C2CCC(F)(F)CC2)c2ccccc2)CCN1Cc1cnc[nH]1. The van der Waals surface area contributed by atoms with Gasteiger partial charge in [-0.25, -0.2) is 13.8 Å². The number of alkyl halides is 2. The van der Waals surface area contributed by atoms with Crippen LogP contribution in [0.1, 0.15) is 62.7 Å². The lowest BCUT2D eigenvalue weighted by molar-refractivity contribution is -0.130. The molecule has 2 aliphatic rings. The van der Waals surface area contributed by atoms with Crippen molar-refractivity contribution in [3.05, 3.63) is 54.1 Å².